The van der Waals surface area contributed by atoms with Gasteiger partial charge in [0, 0.05) is 10.7 Å². The molecule has 2 aromatic carbocycles. The van der Waals surface area contributed by atoms with Crippen LogP contribution >= 0.6 is 11.6 Å². The van der Waals surface area contributed by atoms with Gasteiger partial charge in [-0.15, -0.1) is 0 Å². The predicted octanol–water partition coefficient (Wildman–Crippen LogP) is 5.21. The highest BCUT2D eigenvalue weighted by atomic mass is 35.5. The lowest BCUT2D eigenvalue weighted by molar-refractivity contribution is 0.168. The Morgan fingerprint density at radius 3 is 2.45 bits per heavy atom. The molecule has 0 aliphatic carbocycles. The van der Waals surface area contributed by atoms with Crippen molar-refractivity contribution in [2.75, 3.05) is 17.2 Å². The lowest BCUT2D eigenvalue weighted by Crippen LogP contribution is -2.14. The first-order chi connectivity index (χ1) is 10.6. The van der Waals surface area contributed by atoms with E-state index < -0.39 is 6.09 Å². The standard InChI is InChI=1S/C17H19ClN2O2/c1-3-12-5-8-14(9-6-12)19-16-11-13(18)7-10-15(16)20-17(21)22-4-2/h5-11,19H,3-4H2,1-2H3,(H,20,21). The van der Waals surface area contributed by atoms with Gasteiger partial charge in [0.15, 0.2) is 0 Å². The van der Waals surface area contributed by atoms with Crippen LogP contribution in [0.2, 0.25) is 5.02 Å². The summed E-state index contributed by atoms with van der Waals surface area (Å²) in [6, 6.07) is 13.3. The Bertz CT molecular complexity index is 642. The lowest BCUT2D eigenvalue weighted by atomic mass is 10.1. The number of carbonyl (C=O) groups excluding carboxylic acids is 1. The minimum absolute atomic E-state index is 0.320. The van der Waals surface area contributed by atoms with Crippen molar-refractivity contribution in [1.29, 1.82) is 0 Å². The fourth-order valence-corrected chi connectivity index (χ4v) is 2.16. The summed E-state index contributed by atoms with van der Waals surface area (Å²) in [7, 11) is 0. The van der Waals surface area contributed by atoms with Crippen LogP contribution in [0.3, 0.4) is 0 Å². The van der Waals surface area contributed by atoms with Crippen LogP contribution in [-0.2, 0) is 11.2 Å². The van der Waals surface area contributed by atoms with Crippen LogP contribution in [0.15, 0.2) is 42.5 Å². The molecule has 22 heavy (non-hydrogen) atoms. The highest BCUT2D eigenvalue weighted by molar-refractivity contribution is 6.31. The number of halogens is 1. The van der Waals surface area contributed by atoms with E-state index in [4.69, 9.17) is 16.3 Å². The van der Waals surface area contributed by atoms with E-state index in [1.54, 1.807) is 25.1 Å². The van der Waals surface area contributed by atoms with Gasteiger partial charge in [0.05, 0.1) is 18.0 Å². The summed E-state index contributed by atoms with van der Waals surface area (Å²) in [5.41, 5.74) is 3.51. The lowest BCUT2D eigenvalue weighted by Gasteiger charge is -2.14. The van der Waals surface area contributed by atoms with E-state index in [0.29, 0.717) is 23.0 Å². The summed E-state index contributed by atoms with van der Waals surface area (Å²) < 4.78 is 4.90. The fraction of sp³-hybridized carbons (Fsp3) is 0.235. The van der Waals surface area contributed by atoms with Crippen molar-refractivity contribution in [3.63, 3.8) is 0 Å². The highest BCUT2D eigenvalue weighted by Crippen LogP contribution is 2.29. The minimum atomic E-state index is -0.491. The summed E-state index contributed by atoms with van der Waals surface area (Å²) >= 11 is 6.04. The number of amides is 1. The molecule has 2 rings (SSSR count). The Balaban J connectivity index is 2.20. The molecule has 4 nitrogen and oxygen atoms in total. The van der Waals surface area contributed by atoms with E-state index in [1.165, 1.54) is 5.56 Å². The maximum atomic E-state index is 11.6. The Morgan fingerprint density at radius 2 is 1.82 bits per heavy atom. The number of aryl methyl sites for hydroxylation is 1. The van der Waals surface area contributed by atoms with Gasteiger partial charge >= 0.3 is 6.09 Å². The molecule has 1 amide bonds. The zero-order chi connectivity index (χ0) is 15.9. The molecule has 0 fully saturated rings. The van der Waals surface area contributed by atoms with Crippen molar-refractivity contribution in [3.8, 4) is 0 Å². The SMILES string of the molecule is CCOC(=O)Nc1ccc(Cl)cc1Nc1ccc(CC)cc1. The van der Waals surface area contributed by atoms with Crippen LogP contribution in [-0.4, -0.2) is 12.7 Å². The molecular formula is C17H19ClN2O2. The first-order valence-corrected chi connectivity index (χ1v) is 7.59. The average Bonchev–Trinajstić information content (AvgIpc) is 2.51. The maximum absolute atomic E-state index is 11.6. The summed E-state index contributed by atoms with van der Waals surface area (Å²) in [4.78, 5) is 11.6. The van der Waals surface area contributed by atoms with Crippen LogP contribution in [0.1, 0.15) is 19.4 Å². The molecule has 0 aliphatic rings. The molecule has 2 aromatic rings. The number of hydrogen-bond donors (Lipinski definition) is 2. The third-order valence-corrected chi connectivity index (χ3v) is 3.37. The van der Waals surface area contributed by atoms with E-state index in [1.807, 2.05) is 12.1 Å². The molecule has 0 atom stereocenters. The van der Waals surface area contributed by atoms with E-state index in [-0.39, 0.29) is 0 Å². The second kappa shape index (κ2) is 7.71. The molecule has 0 heterocycles. The summed E-state index contributed by atoms with van der Waals surface area (Å²) in [5, 5.41) is 6.54. The normalized spacial score (nSPS) is 10.1. The van der Waals surface area contributed by atoms with Gasteiger partial charge in [-0.25, -0.2) is 4.79 Å². The molecular weight excluding hydrogens is 300 g/mol. The first-order valence-electron chi connectivity index (χ1n) is 7.21. The molecule has 0 aromatic heterocycles. The highest BCUT2D eigenvalue weighted by Gasteiger charge is 2.08. The van der Waals surface area contributed by atoms with E-state index in [9.17, 15) is 4.79 Å². The van der Waals surface area contributed by atoms with Crippen LogP contribution in [0.4, 0.5) is 21.9 Å². The van der Waals surface area contributed by atoms with Gasteiger partial charge in [-0.1, -0.05) is 30.7 Å². The smallest absolute Gasteiger partial charge is 0.411 e. The van der Waals surface area contributed by atoms with Crippen molar-refractivity contribution in [1.82, 2.24) is 0 Å². The molecule has 0 unspecified atom stereocenters. The molecule has 0 saturated heterocycles. The number of carbonyl (C=O) groups is 1. The molecule has 0 bridgehead atoms. The van der Waals surface area contributed by atoms with Crippen LogP contribution in [0.5, 0.6) is 0 Å². The fourth-order valence-electron chi connectivity index (χ4n) is 1.99. The van der Waals surface area contributed by atoms with Crippen LogP contribution in [0, 0.1) is 0 Å². The molecule has 0 spiro atoms. The van der Waals surface area contributed by atoms with Gasteiger partial charge < -0.3 is 10.1 Å². The Morgan fingerprint density at radius 1 is 1.09 bits per heavy atom. The number of anilines is 3. The predicted molar refractivity (Wildman–Crippen MR) is 91.2 cm³/mol. The van der Waals surface area contributed by atoms with E-state index in [2.05, 4.69) is 29.7 Å². The number of ether oxygens (including phenoxy) is 1. The van der Waals surface area contributed by atoms with Crippen molar-refractivity contribution in [2.45, 2.75) is 20.3 Å². The molecule has 116 valence electrons. The van der Waals surface area contributed by atoms with Gasteiger partial charge in [-0.3, -0.25) is 5.32 Å². The second-order valence-corrected chi connectivity index (χ2v) is 5.15. The number of rotatable bonds is 5. The quantitative estimate of drug-likeness (QED) is 0.795. The summed E-state index contributed by atoms with van der Waals surface area (Å²) in [6.07, 6.45) is 0.502. The largest absolute Gasteiger partial charge is 0.450 e. The van der Waals surface area contributed by atoms with Crippen LogP contribution < -0.4 is 10.6 Å². The molecule has 0 radical (unpaired) electrons. The van der Waals surface area contributed by atoms with Crippen molar-refractivity contribution >= 4 is 34.8 Å². The van der Waals surface area contributed by atoms with Gasteiger partial charge in [-0.05, 0) is 49.2 Å². The number of hydrogen-bond acceptors (Lipinski definition) is 3. The second-order valence-electron chi connectivity index (χ2n) is 4.71. The Hall–Kier alpha value is -2.20. The summed E-state index contributed by atoms with van der Waals surface area (Å²) in [6.45, 7) is 4.19. The Kier molecular flexibility index (Phi) is 5.67. The van der Waals surface area contributed by atoms with Crippen molar-refractivity contribution < 1.29 is 9.53 Å². The third-order valence-electron chi connectivity index (χ3n) is 3.13. The van der Waals surface area contributed by atoms with Crippen molar-refractivity contribution in [3.05, 3.63) is 53.1 Å². The van der Waals surface area contributed by atoms with Gasteiger partial charge in [-0.2, -0.15) is 0 Å². The topological polar surface area (TPSA) is 50.4 Å². The minimum Gasteiger partial charge on any atom is -0.450 e. The number of benzene rings is 2. The van der Waals surface area contributed by atoms with Crippen molar-refractivity contribution in [2.24, 2.45) is 0 Å². The molecule has 0 saturated carbocycles. The van der Waals surface area contributed by atoms with Gasteiger partial charge in [0.2, 0.25) is 0 Å². The van der Waals surface area contributed by atoms with Gasteiger partial charge in [0.1, 0.15) is 0 Å². The molecule has 5 heteroatoms. The zero-order valence-corrected chi connectivity index (χ0v) is 13.4. The maximum Gasteiger partial charge on any atom is 0.411 e. The van der Waals surface area contributed by atoms with Crippen LogP contribution in [0.25, 0.3) is 0 Å². The summed E-state index contributed by atoms with van der Waals surface area (Å²) in [5.74, 6) is 0. The number of nitrogens with one attached hydrogen (secondary N) is 2. The Labute approximate surface area is 135 Å². The average molecular weight is 319 g/mol. The monoisotopic (exact) mass is 318 g/mol. The van der Waals surface area contributed by atoms with Gasteiger partial charge in [0.25, 0.3) is 0 Å². The first kappa shape index (κ1) is 16.2. The zero-order valence-electron chi connectivity index (χ0n) is 12.7. The molecule has 2 N–H and O–H groups in total. The van der Waals surface area contributed by atoms with E-state index >= 15 is 0 Å². The van der Waals surface area contributed by atoms with E-state index in [0.717, 1.165) is 12.1 Å². The third kappa shape index (κ3) is 4.40. The molecule has 0 aliphatic heterocycles.